The van der Waals surface area contributed by atoms with Gasteiger partial charge in [-0.2, -0.15) is 0 Å². The first-order chi connectivity index (χ1) is 19.2. The minimum atomic E-state index is -2.94. The number of aliphatic hydroxyl groups excluding tert-OH is 1. The Labute approximate surface area is 238 Å². The molecule has 0 amide bonds. The van der Waals surface area contributed by atoms with E-state index in [-0.39, 0.29) is 11.7 Å². The van der Waals surface area contributed by atoms with Crippen molar-refractivity contribution in [3.8, 4) is 22.6 Å². The fourth-order valence-electron chi connectivity index (χ4n) is 6.43. The summed E-state index contributed by atoms with van der Waals surface area (Å²) in [6.45, 7) is 5.38. The molecular weight excluding hydrogens is 527 g/mol. The number of thiol groups is 1. The fourth-order valence-corrected chi connectivity index (χ4v) is 6.84. The first-order valence-electron chi connectivity index (χ1n) is 14.4. The molecule has 214 valence electrons. The molecular formula is C32H39FN2O4S. The summed E-state index contributed by atoms with van der Waals surface area (Å²) >= 11 is 0. The molecule has 0 saturated heterocycles. The number of anilines is 1. The van der Waals surface area contributed by atoms with Gasteiger partial charge < -0.3 is 9.84 Å². The van der Waals surface area contributed by atoms with Crippen molar-refractivity contribution >= 4 is 16.6 Å². The molecule has 3 aromatic rings. The zero-order valence-corrected chi connectivity index (χ0v) is 24.5. The average Bonchev–Trinajstić information content (AvgIpc) is 2.91. The first-order valence-corrected chi connectivity index (χ1v) is 15.6. The van der Waals surface area contributed by atoms with Gasteiger partial charge in [-0.3, -0.25) is 9.71 Å². The van der Waals surface area contributed by atoms with E-state index < -0.39 is 17.0 Å². The minimum absolute atomic E-state index is 0.184. The quantitative estimate of drug-likeness (QED) is 0.254. The van der Waals surface area contributed by atoms with Gasteiger partial charge in [-0.25, -0.2) is 12.8 Å². The molecule has 0 bridgehead atoms. The Morgan fingerprint density at radius 1 is 1.05 bits per heavy atom. The van der Waals surface area contributed by atoms with Crippen LogP contribution in [0.15, 0.2) is 30.3 Å². The van der Waals surface area contributed by atoms with Gasteiger partial charge in [0, 0.05) is 22.7 Å². The molecule has 2 N–H and O–H groups in total. The Kier molecular flexibility index (Phi) is 8.76. The predicted molar refractivity (Wildman–Crippen MR) is 157 cm³/mol. The summed E-state index contributed by atoms with van der Waals surface area (Å²) in [4.78, 5) is 5.15. The van der Waals surface area contributed by atoms with Crippen LogP contribution in [0.1, 0.15) is 91.4 Å². The van der Waals surface area contributed by atoms with Gasteiger partial charge >= 0.3 is 0 Å². The fraction of sp³-hybridized carbons (Fsp3) is 0.469. The van der Waals surface area contributed by atoms with E-state index in [0.29, 0.717) is 34.7 Å². The monoisotopic (exact) mass is 566 g/mol. The molecule has 2 aliphatic rings. The van der Waals surface area contributed by atoms with Gasteiger partial charge in [-0.1, -0.05) is 25.3 Å². The Bertz CT molecular complexity index is 1450. The molecule has 1 fully saturated rings. The van der Waals surface area contributed by atoms with E-state index in [9.17, 15) is 17.9 Å². The van der Waals surface area contributed by atoms with Crippen molar-refractivity contribution in [1.29, 1.82) is 0 Å². The third-order valence-corrected chi connectivity index (χ3v) is 8.58. The average molecular weight is 567 g/mol. The number of aliphatic hydroxyl groups is 1. The zero-order chi connectivity index (χ0) is 28.4. The standard InChI is InChI=1S/C32H39FN2O4S/c1-19-15-24(33)16-20(2)32(19)39-28-14-13-22(17-21(3)36)18-26(28)29-25-11-7-8-12-27(25)34-30(31(29)35-40(37)38)23-9-5-4-6-10-23/h13-16,18,21,23,36,40H,4-12,17H2,1-3H3,(H,35,37,38). The van der Waals surface area contributed by atoms with Gasteiger partial charge in [-0.15, -0.1) is 0 Å². The summed E-state index contributed by atoms with van der Waals surface area (Å²) in [6.07, 6.45) is 8.94. The summed E-state index contributed by atoms with van der Waals surface area (Å²) in [5, 5.41) is 10.2. The number of nitrogens with zero attached hydrogens (tertiary/aromatic N) is 1. The van der Waals surface area contributed by atoms with Crippen molar-refractivity contribution < 1.29 is 22.7 Å². The SMILES string of the molecule is Cc1cc(F)cc(C)c1Oc1ccc(CC(C)O)cc1-c1c2c(nc(C3CCCCC3)c1N[SH](=O)=O)CCCC2. The lowest BCUT2D eigenvalue weighted by molar-refractivity contribution is 0.195. The van der Waals surface area contributed by atoms with Gasteiger partial charge in [0.15, 0.2) is 0 Å². The number of fused-ring (bicyclic) bond motifs is 1. The van der Waals surface area contributed by atoms with Gasteiger partial charge in [0.2, 0.25) is 10.9 Å². The van der Waals surface area contributed by atoms with Crippen LogP contribution in [0, 0.1) is 19.7 Å². The van der Waals surface area contributed by atoms with E-state index in [4.69, 9.17) is 9.72 Å². The van der Waals surface area contributed by atoms with Crippen molar-refractivity contribution in [3.63, 3.8) is 0 Å². The number of aryl methyl sites for hydroxylation is 3. The maximum absolute atomic E-state index is 14.1. The van der Waals surface area contributed by atoms with E-state index in [1.807, 2.05) is 32.0 Å². The summed E-state index contributed by atoms with van der Waals surface area (Å²) in [6, 6.07) is 8.72. The van der Waals surface area contributed by atoms with Crippen LogP contribution in [-0.2, 0) is 30.2 Å². The molecule has 1 unspecified atom stereocenters. The smallest absolute Gasteiger partial charge is 0.222 e. The van der Waals surface area contributed by atoms with Crippen LogP contribution in [0.2, 0.25) is 0 Å². The highest BCUT2D eigenvalue weighted by Gasteiger charge is 2.30. The molecule has 6 nitrogen and oxygen atoms in total. The number of aromatic nitrogens is 1. The number of halogens is 1. The number of ether oxygens (including phenoxy) is 1. The van der Waals surface area contributed by atoms with Gasteiger partial charge in [-0.05, 0) is 112 Å². The third-order valence-electron chi connectivity index (χ3n) is 8.18. The number of pyridine rings is 1. The molecule has 0 spiro atoms. The Morgan fingerprint density at radius 2 is 1.75 bits per heavy atom. The lowest BCUT2D eigenvalue weighted by Gasteiger charge is -2.29. The maximum atomic E-state index is 14.1. The van der Waals surface area contributed by atoms with Gasteiger partial charge in [0.25, 0.3) is 0 Å². The number of rotatable bonds is 8. The Balaban J connectivity index is 1.78. The topological polar surface area (TPSA) is 88.5 Å². The number of nitrogens with one attached hydrogen (secondary N) is 1. The summed E-state index contributed by atoms with van der Waals surface area (Å²) in [5.74, 6) is 1.00. The molecule has 1 saturated carbocycles. The van der Waals surface area contributed by atoms with Gasteiger partial charge in [0.1, 0.15) is 17.3 Å². The number of benzene rings is 2. The van der Waals surface area contributed by atoms with E-state index in [0.717, 1.165) is 85.0 Å². The minimum Gasteiger partial charge on any atom is -0.456 e. The normalized spacial score (nSPS) is 16.6. The van der Waals surface area contributed by atoms with E-state index in [1.165, 1.54) is 18.6 Å². The Morgan fingerprint density at radius 3 is 2.42 bits per heavy atom. The molecule has 1 heterocycles. The molecule has 1 aromatic heterocycles. The largest absolute Gasteiger partial charge is 0.456 e. The second-order valence-corrected chi connectivity index (χ2v) is 12.2. The van der Waals surface area contributed by atoms with Crippen LogP contribution in [0.5, 0.6) is 11.5 Å². The van der Waals surface area contributed by atoms with Crippen molar-refractivity contribution in [1.82, 2.24) is 4.98 Å². The molecule has 0 aliphatic heterocycles. The lowest BCUT2D eigenvalue weighted by atomic mass is 9.81. The van der Waals surface area contributed by atoms with Gasteiger partial charge in [0.05, 0.1) is 17.5 Å². The molecule has 40 heavy (non-hydrogen) atoms. The van der Waals surface area contributed by atoms with E-state index in [1.54, 1.807) is 6.92 Å². The maximum Gasteiger partial charge on any atom is 0.222 e. The first kappa shape index (κ1) is 28.6. The number of hydrogen-bond donors (Lipinski definition) is 3. The van der Waals surface area contributed by atoms with E-state index >= 15 is 0 Å². The summed E-state index contributed by atoms with van der Waals surface area (Å²) in [7, 11) is -2.94. The van der Waals surface area contributed by atoms with Crippen molar-refractivity contribution in [2.75, 3.05) is 4.72 Å². The van der Waals surface area contributed by atoms with Crippen LogP contribution in [0.25, 0.3) is 11.1 Å². The Hall–Kier alpha value is -2.97. The zero-order valence-electron chi connectivity index (χ0n) is 23.6. The lowest BCUT2D eigenvalue weighted by Crippen LogP contribution is -2.17. The van der Waals surface area contributed by atoms with E-state index in [2.05, 4.69) is 4.72 Å². The third kappa shape index (κ3) is 6.18. The number of hydrogen-bond acceptors (Lipinski definition) is 5. The highest BCUT2D eigenvalue weighted by atomic mass is 32.2. The molecule has 2 aliphatic carbocycles. The molecule has 8 heteroatoms. The van der Waals surface area contributed by atoms with Crippen LogP contribution in [-0.4, -0.2) is 24.6 Å². The highest BCUT2D eigenvalue weighted by Crippen LogP contribution is 2.47. The van der Waals surface area contributed by atoms with Crippen LogP contribution in [0.4, 0.5) is 10.1 Å². The molecule has 1 atom stereocenters. The highest BCUT2D eigenvalue weighted by molar-refractivity contribution is 7.73. The second kappa shape index (κ2) is 12.3. The second-order valence-electron chi connectivity index (χ2n) is 11.4. The van der Waals surface area contributed by atoms with Crippen molar-refractivity contribution in [2.24, 2.45) is 0 Å². The van der Waals surface area contributed by atoms with Crippen LogP contribution >= 0.6 is 0 Å². The van der Waals surface area contributed by atoms with Crippen molar-refractivity contribution in [3.05, 3.63) is 69.8 Å². The van der Waals surface area contributed by atoms with Crippen LogP contribution < -0.4 is 9.46 Å². The summed E-state index contributed by atoms with van der Waals surface area (Å²) in [5.41, 5.74) is 7.33. The molecule has 0 radical (unpaired) electrons. The van der Waals surface area contributed by atoms with Crippen LogP contribution in [0.3, 0.4) is 0 Å². The molecule has 2 aromatic carbocycles. The summed E-state index contributed by atoms with van der Waals surface area (Å²) < 4.78 is 48.0. The molecule has 5 rings (SSSR count). The van der Waals surface area contributed by atoms with Crippen molar-refractivity contribution in [2.45, 2.75) is 97.0 Å². The predicted octanol–water partition coefficient (Wildman–Crippen LogP) is 7.08.